The quantitative estimate of drug-likeness (QED) is 0.482. The number of rotatable bonds is 4. The molecule has 0 amide bonds. The molecule has 11 fully saturated rings. The lowest BCUT2D eigenvalue weighted by atomic mass is 9.43. The summed E-state index contributed by atoms with van der Waals surface area (Å²) in [5.41, 5.74) is 1.20. The number of benzene rings is 2. The molecule has 9 aliphatic heterocycles. The van der Waals surface area contributed by atoms with Crippen molar-refractivity contribution in [1.29, 1.82) is 0 Å². The Morgan fingerprint density at radius 1 is 0.577 bits per heavy atom. The molecule has 272 valence electrons. The van der Waals surface area contributed by atoms with Gasteiger partial charge in [-0.15, -0.1) is 0 Å². The van der Waals surface area contributed by atoms with Gasteiger partial charge in [-0.05, 0) is 125 Å². The highest BCUT2D eigenvalue weighted by molar-refractivity contribution is 5.66. The van der Waals surface area contributed by atoms with Crippen molar-refractivity contribution in [2.45, 2.75) is 147 Å². The zero-order valence-electron chi connectivity index (χ0n) is 29.5. The molecule has 10 nitrogen and oxygen atoms in total. The van der Waals surface area contributed by atoms with Crippen molar-refractivity contribution in [3.63, 3.8) is 0 Å². The van der Waals surface area contributed by atoms with Gasteiger partial charge in [-0.1, -0.05) is 12.1 Å². The molecule has 15 aliphatic rings. The monoisotopic (exact) mass is 706 g/mol. The van der Waals surface area contributed by atoms with Crippen molar-refractivity contribution in [2.24, 2.45) is 11.8 Å². The number of aromatic hydroxyl groups is 2. The largest absolute Gasteiger partial charge is 0.504 e. The van der Waals surface area contributed by atoms with Crippen molar-refractivity contribution < 1.29 is 38.6 Å². The third-order valence-electron chi connectivity index (χ3n) is 17.7. The Morgan fingerprint density at radius 2 is 1.04 bits per heavy atom. The van der Waals surface area contributed by atoms with Crippen molar-refractivity contribution >= 4 is 0 Å². The molecule has 9 heterocycles. The van der Waals surface area contributed by atoms with E-state index in [0.717, 1.165) is 89.4 Å². The molecule has 2 aromatic carbocycles. The van der Waals surface area contributed by atoms with Crippen LogP contribution < -0.4 is 9.47 Å². The number of hydrogen-bond acceptors (Lipinski definition) is 10. The molecule has 6 spiro atoms. The summed E-state index contributed by atoms with van der Waals surface area (Å²) in [6.45, 7) is 4.23. The summed E-state index contributed by atoms with van der Waals surface area (Å²) in [4.78, 5) is 5.49. The number of fused-ring (bicyclic) bond motifs is 2. The Hall–Kier alpha value is -2.60. The first kappa shape index (κ1) is 28.8. The van der Waals surface area contributed by atoms with E-state index in [-0.39, 0.29) is 35.8 Å². The van der Waals surface area contributed by atoms with Gasteiger partial charge in [0.2, 0.25) is 0 Å². The third-order valence-corrected chi connectivity index (χ3v) is 17.7. The molecule has 4 saturated carbocycles. The summed E-state index contributed by atoms with van der Waals surface area (Å²) < 4.78 is 45.1. The fraction of sp³-hybridized carbons (Fsp3) is 0.714. The van der Waals surface area contributed by atoms with E-state index in [1.807, 2.05) is 12.1 Å². The molecule has 17 rings (SSSR count). The fourth-order valence-electron chi connectivity index (χ4n) is 15.5. The summed E-state index contributed by atoms with van der Waals surface area (Å²) in [6, 6.07) is 8.36. The Bertz CT molecular complexity index is 1910. The highest BCUT2D eigenvalue weighted by Crippen LogP contribution is 2.77. The van der Waals surface area contributed by atoms with Gasteiger partial charge in [0.1, 0.15) is 23.4 Å². The molecule has 52 heavy (non-hydrogen) atoms. The van der Waals surface area contributed by atoms with E-state index in [1.165, 1.54) is 47.9 Å². The Morgan fingerprint density at radius 3 is 1.48 bits per heavy atom. The number of hydrogen-bond donors (Lipinski definition) is 2. The van der Waals surface area contributed by atoms with Crippen LogP contribution in [0.1, 0.15) is 86.5 Å². The van der Waals surface area contributed by atoms with Crippen LogP contribution in [0.25, 0.3) is 0 Å². The van der Waals surface area contributed by atoms with Gasteiger partial charge in [0.25, 0.3) is 0 Å². The average molecular weight is 707 g/mol. The van der Waals surface area contributed by atoms with Gasteiger partial charge in [-0.3, -0.25) is 9.80 Å². The summed E-state index contributed by atoms with van der Waals surface area (Å²) in [6.07, 6.45) is 10.0. The SMILES string of the molecule is Oc1ccc2c3c1O[C@H]1[C@]45CC[C@@]6(O[C@@H]4O[C@@]47CC[C@@]8(O[C@@H]4O5)[C@H]4Cc5ccc(O)c9c5[C@@]8(CCN4CC4CC4)[C@H]7O9)[C@@H](C2)N(CC2CC2)CC[C@]316. The first-order valence-corrected chi connectivity index (χ1v) is 20.6. The van der Waals surface area contributed by atoms with Crippen LogP contribution in [-0.4, -0.2) is 105 Å². The van der Waals surface area contributed by atoms with Gasteiger partial charge in [0.05, 0.1) is 10.8 Å². The van der Waals surface area contributed by atoms with E-state index in [1.54, 1.807) is 0 Å². The van der Waals surface area contributed by atoms with Crippen LogP contribution in [0.3, 0.4) is 0 Å². The highest BCUT2D eigenvalue weighted by Gasteiger charge is 2.89. The number of ether oxygens (including phenoxy) is 6. The van der Waals surface area contributed by atoms with Crippen molar-refractivity contribution in [2.75, 3.05) is 26.2 Å². The molecule has 2 N–H and O–H groups in total. The van der Waals surface area contributed by atoms with Crippen LogP contribution in [0.2, 0.25) is 0 Å². The minimum Gasteiger partial charge on any atom is -0.504 e. The van der Waals surface area contributed by atoms with E-state index in [9.17, 15) is 10.2 Å². The van der Waals surface area contributed by atoms with Gasteiger partial charge in [0, 0.05) is 36.3 Å². The van der Waals surface area contributed by atoms with E-state index < -0.39 is 45.8 Å². The van der Waals surface area contributed by atoms with Crippen molar-refractivity contribution in [1.82, 2.24) is 9.80 Å². The second kappa shape index (κ2) is 8.46. The molecule has 12 atom stereocenters. The van der Waals surface area contributed by atoms with Crippen LogP contribution in [-0.2, 0) is 42.6 Å². The van der Waals surface area contributed by atoms with E-state index in [4.69, 9.17) is 28.4 Å². The van der Waals surface area contributed by atoms with Crippen LogP contribution in [0.4, 0.5) is 0 Å². The molecule has 0 radical (unpaired) electrons. The Kier molecular flexibility index (Phi) is 4.68. The van der Waals surface area contributed by atoms with Crippen LogP contribution >= 0.6 is 0 Å². The van der Waals surface area contributed by atoms with Crippen LogP contribution in [0, 0.1) is 11.8 Å². The van der Waals surface area contributed by atoms with Gasteiger partial charge >= 0.3 is 0 Å². The topological polar surface area (TPSA) is 102 Å². The molecule has 2 aromatic rings. The first-order valence-electron chi connectivity index (χ1n) is 20.6. The lowest BCUT2D eigenvalue weighted by Gasteiger charge is -2.78. The smallest absolute Gasteiger partial charge is 0.192 e. The second-order valence-electron chi connectivity index (χ2n) is 19.5. The van der Waals surface area contributed by atoms with Gasteiger partial charge in [-0.25, -0.2) is 0 Å². The Labute approximate surface area is 302 Å². The molecule has 7 saturated heterocycles. The van der Waals surface area contributed by atoms with Gasteiger partial charge in [-0.2, -0.15) is 0 Å². The minimum absolute atomic E-state index is 0.203. The molecule has 8 bridgehead atoms. The average Bonchev–Trinajstić information content (AvgIpc) is 4.07. The lowest BCUT2D eigenvalue weighted by molar-refractivity contribution is -0.536. The zero-order chi connectivity index (χ0) is 33.8. The van der Waals surface area contributed by atoms with E-state index in [0.29, 0.717) is 11.5 Å². The molecular formula is C42H46N2O8. The van der Waals surface area contributed by atoms with Crippen molar-refractivity contribution in [3.8, 4) is 23.0 Å². The number of likely N-dealkylation sites (tertiary alicyclic amines) is 2. The van der Waals surface area contributed by atoms with Crippen LogP contribution in [0.15, 0.2) is 24.3 Å². The number of phenols is 2. The summed E-state index contributed by atoms with van der Waals surface area (Å²) in [7, 11) is 0. The normalized spacial score (nSPS) is 51.6. The molecule has 0 unspecified atom stereocenters. The van der Waals surface area contributed by atoms with Gasteiger partial charge < -0.3 is 38.6 Å². The summed E-state index contributed by atoms with van der Waals surface area (Å²) in [5.74, 6) is 3.24. The third kappa shape index (κ3) is 2.73. The zero-order valence-corrected chi connectivity index (χ0v) is 29.5. The van der Waals surface area contributed by atoms with Crippen LogP contribution in [0.5, 0.6) is 23.0 Å². The number of piperidine rings is 2. The molecule has 10 heteroatoms. The second-order valence-corrected chi connectivity index (χ2v) is 19.5. The maximum atomic E-state index is 11.4. The summed E-state index contributed by atoms with van der Waals surface area (Å²) >= 11 is 0. The highest BCUT2D eigenvalue weighted by atomic mass is 16.8. The minimum atomic E-state index is -0.904. The molecule has 0 aromatic heterocycles. The molecule has 6 aliphatic carbocycles. The lowest BCUT2D eigenvalue weighted by Crippen LogP contribution is -2.93. The van der Waals surface area contributed by atoms with Gasteiger partial charge in [0.15, 0.2) is 46.8 Å². The maximum Gasteiger partial charge on any atom is 0.192 e. The molecular weight excluding hydrogens is 660 g/mol. The predicted molar refractivity (Wildman–Crippen MR) is 183 cm³/mol. The first-order chi connectivity index (χ1) is 25.4. The summed E-state index contributed by atoms with van der Waals surface area (Å²) in [5, 5.41) is 22.8. The maximum absolute atomic E-state index is 11.4. The standard InChI is InChI=1S/C42H46N2O8/c45-25-7-5-23-17-27-41-11-9-39(33-37(41,29(23)31(25)47-33)13-15-43(27)19-21-1-2-21)35(51-41)49-40-10-12-42(52-36(40)50-39)28-18-24-6-8-26(46)32-30(24)38(42,34(40)48-32)14-16-44(28)20-22-3-4-22/h5-8,21-22,27-28,33-36,45-46H,1-4,9-20H2/t27-,28-,33-,34-,35+,36+,37+,38+,39-,40-,41-,42-/m1/s1. The fourth-order valence-corrected chi connectivity index (χ4v) is 15.5. The number of nitrogens with zero attached hydrogens (tertiary/aromatic N) is 2. The van der Waals surface area contributed by atoms with E-state index >= 15 is 0 Å². The van der Waals surface area contributed by atoms with E-state index in [2.05, 4.69) is 21.9 Å². The Balaban J connectivity index is 0.909. The van der Waals surface area contributed by atoms with Crippen molar-refractivity contribution in [3.05, 3.63) is 46.5 Å². The predicted octanol–water partition coefficient (Wildman–Crippen LogP) is 4.18. The number of phenolic OH excluding ortho intramolecular Hbond substituents is 2.